The summed E-state index contributed by atoms with van der Waals surface area (Å²) in [5.41, 5.74) is 4.35. The topological polar surface area (TPSA) is 38.3 Å². The molecule has 3 nitrogen and oxygen atoms in total. The molecule has 0 heterocycles. The molecule has 162 valence electrons. The summed E-state index contributed by atoms with van der Waals surface area (Å²) in [6, 6.07) is 26.4. The third kappa shape index (κ3) is 6.99. The summed E-state index contributed by atoms with van der Waals surface area (Å²) < 4.78 is 5.98. The average Bonchev–Trinajstić information content (AvgIpc) is 2.78. The summed E-state index contributed by atoms with van der Waals surface area (Å²) in [6.07, 6.45) is 2.94. The zero-order valence-electron chi connectivity index (χ0n) is 18.8. The Hall–Kier alpha value is -3.07. The molecule has 0 saturated carbocycles. The van der Waals surface area contributed by atoms with Gasteiger partial charge in [-0.2, -0.15) is 0 Å². The van der Waals surface area contributed by atoms with Gasteiger partial charge in [0, 0.05) is 0 Å². The van der Waals surface area contributed by atoms with E-state index in [-0.39, 0.29) is 11.8 Å². The van der Waals surface area contributed by atoms with Gasteiger partial charge in [0.05, 0.1) is 18.2 Å². The molecule has 0 radical (unpaired) electrons. The number of hydrogen-bond acceptors (Lipinski definition) is 2. The summed E-state index contributed by atoms with van der Waals surface area (Å²) in [4.78, 5) is 12.9. The molecule has 0 aliphatic heterocycles. The highest BCUT2D eigenvalue weighted by Gasteiger charge is 2.17. The molecule has 3 aromatic rings. The third-order valence-corrected chi connectivity index (χ3v) is 5.37. The van der Waals surface area contributed by atoms with Crippen molar-refractivity contribution in [1.82, 2.24) is 0 Å². The molecule has 0 aromatic heterocycles. The monoisotopic (exact) mass is 415 g/mol. The van der Waals surface area contributed by atoms with Gasteiger partial charge < -0.3 is 10.1 Å². The fourth-order valence-corrected chi connectivity index (χ4v) is 3.61. The van der Waals surface area contributed by atoms with Gasteiger partial charge in [0.15, 0.2) is 0 Å². The Morgan fingerprint density at radius 3 is 2.23 bits per heavy atom. The van der Waals surface area contributed by atoms with E-state index in [0.29, 0.717) is 18.3 Å². The van der Waals surface area contributed by atoms with Crippen LogP contribution < -0.4 is 10.1 Å². The molecule has 0 spiro atoms. The lowest BCUT2D eigenvalue weighted by molar-refractivity contribution is -0.117. The van der Waals surface area contributed by atoms with Crippen molar-refractivity contribution in [1.29, 1.82) is 0 Å². The fraction of sp³-hybridized carbons (Fsp3) is 0.321. The van der Waals surface area contributed by atoms with Crippen LogP contribution in [0.4, 0.5) is 5.69 Å². The number of carbonyl (C=O) groups is 1. The summed E-state index contributed by atoms with van der Waals surface area (Å²) in [7, 11) is 0. The van der Waals surface area contributed by atoms with Crippen molar-refractivity contribution >= 4 is 11.6 Å². The van der Waals surface area contributed by atoms with Gasteiger partial charge >= 0.3 is 0 Å². The SMILES string of the molecule is CC(C)Cc1ccc(C(C)C(=O)Nc2ccccc2OCCCc2ccccc2)cc1. The van der Waals surface area contributed by atoms with Gasteiger partial charge in [-0.1, -0.05) is 80.6 Å². The maximum Gasteiger partial charge on any atom is 0.231 e. The number of amides is 1. The van der Waals surface area contributed by atoms with Crippen LogP contribution in [0.5, 0.6) is 5.75 Å². The molecule has 3 aromatic carbocycles. The average molecular weight is 416 g/mol. The minimum absolute atomic E-state index is 0.0306. The van der Waals surface area contributed by atoms with Crippen LogP contribution in [-0.2, 0) is 17.6 Å². The number of hydrogen-bond donors (Lipinski definition) is 1. The molecule has 1 unspecified atom stereocenters. The number of carbonyl (C=O) groups excluding carboxylic acids is 1. The van der Waals surface area contributed by atoms with E-state index in [2.05, 4.69) is 67.7 Å². The first kappa shape index (κ1) is 22.6. The van der Waals surface area contributed by atoms with Gasteiger partial charge in [0.2, 0.25) is 5.91 Å². The first-order valence-electron chi connectivity index (χ1n) is 11.2. The second-order valence-corrected chi connectivity index (χ2v) is 8.48. The molecular weight excluding hydrogens is 382 g/mol. The number of nitrogens with one attached hydrogen (secondary N) is 1. The first-order chi connectivity index (χ1) is 15.0. The number of ether oxygens (including phenoxy) is 1. The Kier molecular flexibility index (Phi) is 8.28. The minimum atomic E-state index is -0.237. The molecule has 1 N–H and O–H groups in total. The second kappa shape index (κ2) is 11.4. The smallest absolute Gasteiger partial charge is 0.231 e. The zero-order chi connectivity index (χ0) is 22.1. The van der Waals surface area contributed by atoms with Crippen molar-refractivity contribution in [3.63, 3.8) is 0 Å². The standard InChI is InChI=1S/C28H33NO2/c1-21(2)20-24-15-17-25(18-16-24)22(3)28(30)29-26-13-7-8-14-27(26)31-19-9-12-23-10-5-4-6-11-23/h4-8,10-11,13-18,21-22H,9,12,19-20H2,1-3H3,(H,29,30). The van der Waals surface area contributed by atoms with Crippen LogP contribution in [-0.4, -0.2) is 12.5 Å². The maximum atomic E-state index is 12.9. The quantitative estimate of drug-likeness (QED) is 0.377. The van der Waals surface area contributed by atoms with Crippen molar-refractivity contribution in [2.45, 2.75) is 46.0 Å². The molecule has 0 aliphatic carbocycles. The lowest BCUT2D eigenvalue weighted by Gasteiger charge is -2.16. The van der Waals surface area contributed by atoms with E-state index >= 15 is 0 Å². The molecule has 1 atom stereocenters. The number of anilines is 1. The normalized spacial score (nSPS) is 11.9. The molecule has 1 amide bonds. The molecule has 0 saturated heterocycles. The summed E-state index contributed by atoms with van der Waals surface area (Å²) >= 11 is 0. The van der Waals surface area contributed by atoms with Crippen molar-refractivity contribution in [2.24, 2.45) is 5.92 Å². The van der Waals surface area contributed by atoms with Crippen molar-refractivity contribution in [3.8, 4) is 5.75 Å². The maximum absolute atomic E-state index is 12.9. The van der Waals surface area contributed by atoms with Crippen LogP contribution in [0, 0.1) is 5.92 Å². The van der Waals surface area contributed by atoms with Gasteiger partial charge in [-0.25, -0.2) is 0 Å². The summed E-state index contributed by atoms with van der Waals surface area (Å²) in [5.74, 6) is 1.07. The van der Waals surface area contributed by atoms with Crippen LogP contribution in [0.3, 0.4) is 0 Å². The van der Waals surface area contributed by atoms with E-state index in [9.17, 15) is 4.79 Å². The van der Waals surface area contributed by atoms with Crippen LogP contribution in [0.1, 0.15) is 49.8 Å². The van der Waals surface area contributed by atoms with E-state index in [1.54, 1.807) is 0 Å². The molecular formula is C28H33NO2. The second-order valence-electron chi connectivity index (χ2n) is 8.48. The Bertz CT molecular complexity index is 948. The van der Waals surface area contributed by atoms with Crippen LogP contribution in [0.2, 0.25) is 0 Å². The Morgan fingerprint density at radius 2 is 1.52 bits per heavy atom. The van der Waals surface area contributed by atoms with Gasteiger partial charge in [0.1, 0.15) is 5.75 Å². The first-order valence-corrected chi connectivity index (χ1v) is 11.2. The fourth-order valence-electron chi connectivity index (χ4n) is 3.61. The highest BCUT2D eigenvalue weighted by molar-refractivity contribution is 5.96. The molecule has 3 heteroatoms. The van der Waals surface area contributed by atoms with Crippen molar-refractivity contribution in [3.05, 3.63) is 95.6 Å². The van der Waals surface area contributed by atoms with E-state index in [1.807, 2.05) is 37.3 Å². The molecule has 31 heavy (non-hydrogen) atoms. The van der Waals surface area contributed by atoms with E-state index in [0.717, 1.165) is 30.5 Å². The van der Waals surface area contributed by atoms with Crippen LogP contribution in [0.15, 0.2) is 78.9 Å². The molecule has 0 aliphatic rings. The lowest BCUT2D eigenvalue weighted by atomic mass is 9.96. The number of benzene rings is 3. The predicted molar refractivity (Wildman–Crippen MR) is 129 cm³/mol. The number of para-hydroxylation sites is 2. The summed E-state index contributed by atoms with van der Waals surface area (Å²) in [5, 5.41) is 3.05. The number of aryl methyl sites for hydroxylation is 1. The van der Waals surface area contributed by atoms with Crippen molar-refractivity contribution < 1.29 is 9.53 Å². The molecule has 3 rings (SSSR count). The Morgan fingerprint density at radius 1 is 0.839 bits per heavy atom. The third-order valence-electron chi connectivity index (χ3n) is 5.37. The zero-order valence-corrected chi connectivity index (χ0v) is 18.8. The van der Waals surface area contributed by atoms with Gasteiger partial charge in [-0.05, 0) is 60.9 Å². The molecule has 0 fully saturated rings. The highest BCUT2D eigenvalue weighted by Crippen LogP contribution is 2.26. The highest BCUT2D eigenvalue weighted by atomic mass is 16.5. The van der Waals surface area contributed by atoms with Gasteiger partial charge in [-0.3, -0.25) is 4.79 Å². The Balaban J connectivity index is 1.55. The number of rotatable bonds is 10. The van der Waals surface area contributed by atoms with Crippen molar-refractivity contribution in [2.75, 3.05) is 11.9 Å². The van der Waals surface area contributed by atoms with Crippen LogP contribution >= 0.6 is 0 Å². The van der Waals surface area contributed by atoms with Crippen LogP contribution in [0.25, 0.3) is 0 Å². The summed E-state index contributed by atoms with van der Waals surface area (Å²) in [6.45, 7) is 6.97. The van der Waals surface area contributed by atoms with E-state index in [4.69, 9.17) is 4.74 Å². The van der Waals surface area contributed by atoms with E-state index < -0.39 is 0 Å². The molecule has 0 bridgehead atoms. The van der Waals surface area contributed by atoms with Gasteiger partial charge in [-0.15, -0.1) is 0 Å². The van der Waals surface area contributed by atoms with E-state index in [1.165, 1.54) is 11.1 Å². The Labute approximate surface area is 186 Å². The van der Waals surface area contributed by atoms with Gasteiger partial charge in [0.25, 0.3) is 0 Å². The predicted octanol–water partition coefficient (Wildman–Crippen LogP) is 6.64. The largest absolute Gasteiger partial charge is 0.491 e. The minimum Gasteiger partial charge on any atom is -0.491 e. The lowest BCUT2D eigenvalue weighted by Crippen LogP contribution is -2.19.